The first-order valence-electron chi connectivity index (χ1n) is 5.47. The van der Waals surface area contributed by atoms with Gasteiger partial charge in [-0.05, 0) is 24.6 Å². The van der Waals surface area contributed by atoms with Crippen molar-refractivity contribution in [3.63, 3.8) is 0 Å². The molecule has 7 heteroatoms. The average Bonchev–Trinajstić information content (AvgIpc) is 2.34. The zero-order valence-corrected chi connectivity index (χ0v) is 11.5. The molecule has 1 aromatic carbocycles. The van der Waals surface area contributed by atoms with Crippen LogP contribution >= 0.6 is 12.4 Å². The summed E-state index contributed by atoms with van der Waals surface area (Å²) in [6, 6.07) is 3.01. The van der Waals surface area contributed by atoms with Crippen LogP contribution in [0.15, 0.2) is 18.2 Å². The Kier molecular flexibility index (Phi) is 7.51. The molecule has 0 aromatic heterocycles. The number of carbonyl (C=O) groups is 1. The van der Waals surface area contributed by atoms with Gasteiger partial charge in [0.05, 0.1) is 6.04 Å². The lowest BCUT2D eigenvalue weighted by molar-refractivity contribution is -0.131. The number of amides is 1. The minimum atomic E-state index is -0.948. The second-order valence-electron chi connectivity index (χ2n) is 3.86. The largest absolute Gasteiger partial charge is 0.370 e. The van der Waals surface area contributed by atoms with Crippen LogP contribution in [0.3, 0.4) is 0 Å². The number of rotatable bonds is 5. The number of halogens is 3. The number of nitrogens with two attached hydrogens (primary N) is 1. The van der Waals surface area contributed by atoms with E-state index in [1.807, 2.05) is 0 Å². The van der Waals surface area contributed by atoms with Crippen molar-refractivity contribution in [1.82, 2.24) is 5.32 Å². The van der Waals surface area contributed by atoms with Gasteiger partial charge in [0.25, 0.3) is 5.91 Å². The third-order valence-electron chi connectivity index (χ3n) is 2.59. The van der Waals surface area contributed by atoms with Crippen molar-refractivity contribution in [3.05, 3.63) is 35.4 Å². The summed E-state index contributed by atoms with van der Waals surface area (Å²) >= 11 is 0. The van der Waals surface area contributed by atoms with Gasteiger partial charge in [-0.25, -0.2) is 8.78 Å². The van der Waals surface area contributed by atoms with Crippen LogP contribution in [-0.4, -0.2) is 25.7 Å². The van der Waals surface area contributed by atoms with Crippen LogP contribution in [0.2, 0.25) is 0 Å². The molecule has 0 radical (unpaired) electrons. The number of ether oxygens (including phenoxy) is 1. The van der Waals surface area contributed by atoms with E-state index >= 15 is 0 Å². The molecule has 0 saturated heterocycles. The molecule has 0 spiro atoms. The predicted octanol–water partition coefficient (Wildman–Crippen LogP) is 1.54. The van der Waals surface area contributed by atoms with Crippen LogP contribution in [0.1, 0.15) is 18.5 Å². The van der Waals surface area contributed by atoms with E-state index < -0.39 is 29.7 Å². The molecule has 19 heavy (non-hydrogen) atoms. The Morgan fingerprint density at radius 1 is 1.42 bits per heavy atom. The van der Waals surface area contributed by atoms with E-state index in [9.17, 15) is 13.6 Å². The van der Waals surface area contributed by atoms with Gasteiger partial charge in [-0.2, -0.15) is 0 Å². The SMILES string of the molecule is COC(CN)C(=O)NC(C)c1ccc(F)c(F)c1.Cl. The number of nitrogens with one attached hydrogen (secondary N) is 1. The van der Waals surface area contributed by atoms with Crippen molar-refractivity contribution in [3.8, 4) is 0 Å². The number of benzene rings is 1. The Morgan fingerprint density at radius 2 is 2.05 bits per heavy atom. The topological polar surface area (TPSA) is 64.3 Å². The van der Waals surface area contributed by atoms with Gasteiger partial charge >= 0.3 is 0 Å². The van der Waals surface area contributed by atoms with E-state index in [1.165, 1.54) is 13.2 Å². The molecule has 0 heterocycles. The maximum Gasteiger partial charge on any atom is 0.250 e. The first-order valence-corrected chi connectivity index (χ1v) is 5.47. The highest BCUT2D eigenvalue weighted by atomic mass is 35.5. The van der Waals surface area contributed by atoms with Crippen molar-refractivity contribution in [2.24, 2.45) is 5.73 Å². The molecule has 0 bridgehead atoms. The molecule has 2 atom stereocenters. The molecule has 108 valence electrons. The Hall–Kier alpha value is -1.24. The summed E-state index contributed by atoms with van der Waals surface area (Å²) in [5.41, 5.74) is 5.81. The summed E-state index contributed by atoms with van der Waals surface area (Å²) < 4.78 is 30.7. The summed E-state index contributed by atoms with van der Waals surface area (Å²) in [6.45, 7) is 1.71. The van der Waals surface area contributed by atoms with Gasteiger partial charge in [0, 0.05) is 13.7 Å². The fraction of sp³-hybridized carbons (Fsp3) is 0.417. The number of methoxy groups -OCH3 is 1. The van der Waals surface area contributed by atoms with E-state index in [4.69, 9.17) is 10.5 Å². The molecule has 1 aromatic rings. The summed E-state index contributed by atoms with van der Waals surface area (Å²) in [6.07, 6.45) is -0.752. The first kappa shape index (κ1) is 17.8. The third kappa shape index (κ3) is 4.74. The van der Waals surface area contributed by atoms with E-state index in [-0.39, 0.29) is 19.0 Å². The van der Waals surface area contributed by atoms with Crippen molar-refractivity contribution < 1.29 is 18.3 Å². The summed E-state index contributed by atoms with van der Waals surface area (Å²) in [5.74, 6) is -2.26. The Bertz CT molecular complexity index is 428. The molecular formula is C12H17ClF2N2O2. The molecule has 4 nitrogen and oxygen atoms in total. The molecule has 0 saturated carbocycles. The molecule has 3 N–H and O–H groups in total. The smallest absolute Gasteiger partial charge is 0.250 e. The van der Waals surface area contributed by atoms with Crippen molar-refractivity contribution in [2.75, 3.05) is 13.7 Å². The summed E-state index contributed by atoms with van der Waals surface area (Å²) in [5, 5.41) is 2.61. The van der Waals surface area contributed by atoms with Crippen molar-refractivity contribution >= 4 is 18.3 Å². The van der Waals surface area contributed by atoms with Gasteiger partial charge in [0.2, 0.25) is 0 Å². The average molecular weight is 295 g/mol. The molecule has 0 aliphatic rings. The second-order valence-corrected chi connectivity index (χ2v) is 3.86. The quantitative estimate of drug-likeness (QED) is 0.866. The van der Waals surface area contributed by atoms with Gasteiger partial charge in [0.1, 0.15) is 6.10 Å². The molecule has 0 fully saturated rings. The molecule has 0 aliphatic carbocycles. The van der Waals surface area contributed by atoms with Crippen LogP contribution < -0.4 is 11.1 Å². The van der Waals surface area contributed by atoms with Gasteiger partial charge in [-0.3, -0.25) is 4.79 Å². The fourth-order valence-electron chi connectivity index (χ4n) is 1.48. The van der Waals surface area contributed by atoms with E-state index in [0.29, 0.717) is 5.56 Å². The Morgan fingerprint density at radius 3 is 2.53 bits per heavy atom. The van der Waals surface area contributed by atoms with Gasteiger partial charge < -0.3 is 15.8 Å². The standard InChI is InChI=1S/C12H16F2N2O2.ClH/c1-7(16-12(17)11(6-15)18-2)8-3-4-9(13)10(14)5-8;/h3-5,7,11H,6,15H2,1-2H3,(H,16,17);1H. The molecular weight excluding hydrogens is 278 g/mol. The van der Waals surface area contributed by atoms with E-state index in [2.05, 4.69) is 5.32 Å². The van der Waals surface area contributed by atoms with Crippen LogP contribution in [-0.2, 0) is 9.53 Å². The lowest BCUT2D eigenvalue weighted by Gasteiger charge is -2.18. The third-order valence-corrected chi connectivity index (χ3v) is 2.59. The maximum atomic E-state index is 13.0. The number of hydrogen-bond donors (Lipinski definition) is 2. The van der Waals surface area contributed by atoms with Crippen molar-refractivity contribution in [2.45, 2.75) is 19.1 Å². The molecule has 2 unspecified atom stereocenters. The van der Waals surface area contributed by atoms with Crippen LogP contribution in [0, 0.1) is 11.6 Å². The Balaban J connectivity index is 0.00000324. The predicted molar refractivity (Wildman–Crippen MR) is 70.0 cm³/mol. The summed E-state index contributed by atoms with van der Waals surface area (Å²) in [7, 11) is 1.37. The number of carbonyl (C=O) groups excluding carboxylic acids is 1. The zero-order valence-electron chi connectivity index (χ0n) is 10.7. The highest BCUT2D eigenvalue weighted by molar-refractivity contribution is 5.85. The highest BCUT2D eigenvalue weighted by Crippen LogP contribution is 2.16. The van der Waals surface area contributed by atoms with Crippen molar-refractivity contribution in [1.29, 1.82) is 0 Å². The summed E-state index contributed by atoms with van der Waals surface area (Å²) in [4.78, 5) is 11.7. The molecule has 1 amide bonds. The number of hydrogen-bond acceptors (Lipinski definition) is 3. The minimum Gasteiger partial charge on any atom is -0.370 e. The normalized spacial score (nSPS) is 13.3. The van der Waals surface area contributed by atoms with E-state index in [1.54, 1.807) is 6.92 Å². The van der Waals surface area contributed by atoms with E-state index in [0.717, 1.165) is 12.1 Å². The van der Waals surface area contributed by atoms with Gasteiger partial charge in [-0.15, -0.1) is 12.4 Å². The lowest BCUT2D eigenvalue weighted by atomic mass is 10.1. The molecule has 1 rings (SSSR count). The first-order chi connectivity index (χ1) is 8.49. The maximum absolute atomic E-state index is 13.0. The second kappa shape index (κ2) is 8.04. The lowest BCUT2D eigenvalue weighted by Crippen LogP contribution is -2.41. The Labute approximate surface area is 116 Å². The van der Waals surface area contributed by atoms with Gasteiger partial charge in [0.15, 0.2) is 11.6 Å². The zero-order chi connectivity index (χ0) is 13.7. The monoisotopic (exact) mass is 294 g/mol. The van der Waals surface area contributed by atoms with Crippen LogP contribution in [0.5, 0.6) is 0 Å². The van der Waals surface area contributed by atoms with Crippen LogP contribution in [0.4, 0.5) is 8.78 Å². The van der Waals surface area contributed by atoms with Crippen LogP contribution in [0.25, 0.3) is 0 Å². The molecule has 0 aliphatic heterocycles. The highest BCUT2D eigenvalue weighted by Gasteiger charge is 2.19. The minimum absolute atomic E-state index is 0. The fourth-order valence-corrected chi connectivity index (χ4v) is 1.48. The van der Waals surface area contributed by atoms with Gasteiger partial charge in [-0.1, -0.05) is 6.07 Å².